The van der Waals surface area contributed by atoms with Crippen molar-refractivity contribution in [2.24, 2.45) is 0 Å². The molecule has 0 fully saturated rings. The van der Waals surface area contributed by atoms with Gasteiger partial charge in [0, 0.05) is 5.39 Å². The molecule has 1 aromatic heterocycles. The molecule has 0 bridgehead atoms. The van der Waals surface area contributed by atoms with E-state index in [0.29, 0.717) is 11.3 Å². The zero-order valence-electron chi connectivity index (χ0n) is 13.6. The Bertz CT molecular complexity index is 901. The van der Waals surface area contributed by atoms with Gasteiger partial charge in [0.15, 0.2) is 5.76 Å². The van der Waals surface area contributed by atoms with Crippen LogP contribution in [0.4, 0.5) is 0 Å². The number of carbonyl (C=O) groups excluding carboxylic acids is 1. The SMILES string of the molecule is COc1ccc(C(CC(=O)O)NC(=O)c2ccco2)c2ccccc12. The maximum Gasteiger partial charge on any atom is 0.305 e. The van der Waals surface area contributed by atoms with E-state index in [0.717, 1.165) is 10.8 Å². The van der Waals surface area contributed by atoms with E-state index in [4.69, 9.17) is 9.15 Å². The van der Waals surface area contributed by atoms with Crippen molar-refractivity contribution in [3.05, 3.63) is 66.1 Å². The van der Waals surface area contributed by atoms with Crippen molar-refractivity contribution in [2.45, 2.75) is 12.5 Å². The molecule has 1 heterocycles. The number of nitrogens with one attached hydrogen (secondary N) is 1. The number of carboxylic acids is 1. The van der Waals surface area contributed by atoms with E-state index in [9.17, 15) is 14.7 Å². The van der Waals surface area contributed by atoms with Crippen LogP contribution in [-0.2, 0) is 4.79 Å². The van der Waals surface area contributed by atoms with Gasteiger partial charge in [0.05, 0.1) is 25.8 Å². The summed E-state index contributed by atoms with van der Waals surface area (Å²) < 4.78 is 10.4. The standard InChI is InChI=1S/C19H17NO5/c1-24-16-9-8-13(12-5-2-3-6-14(12)16)15(11-18(21)22)20-19(23)17-7-4-10-25-17/h2-10,15H,11H2,1H3,(H,20,23)(H,21,22). The molecule has 128 valence electrons. The van der Waals surface area contributed by atoms with Gasteiger partial charge in [0.25, 0.3) is 5.91 Å². The van der Waals surface area contributed by atoms with Crippen LogP contribution in [-0.4, -0.2) is 24.1 Å². The summed E-state index contributed by atoms with van der Waals surface area (Å²) in [5.74, 6) is -0.653. The molecule has 0 aliphatic heterocycles. The highest BCUT2D eigenvalue weighted by atomic mass is 16.5. The number of ether oxygens (including phenoxy) is 1. The molecule has 1 amide bonds. The molecule has 0 aliphatic carbocycles. The number of hydrogen-bond acceptors (Lipinski definition) is 4. The first-order chi connectivity index (χ1) is 12.1. The van der Waals surface area contributed by atoms with Crippen molar-refractivity contribution in [2.75, 3.05) is 7.11 Å². The largest absolute Gasteiger partial charge is 0.496 e. The van der Waals surface area contributed by atoms with Gasteiger partial charge in [-0.15, -0.1) is 0 Å². The Kier molecular flexibility index (Phi) is 4.70. The molecular formula is C19H17NO5. The van der Waals surface area contributed by atoms with Crippen molar-refractivity contribution in [3.63, 3.8) is 0 Å². The van der Waals surface area contributed by atoms with E-state index in [1.165, 1.54) is 12.3 Å². The molecule has 1 unspecified atom stereocenters. The number of rotatable bonds is 6. The lowest BCUT2D eigenvalue weighted by Crippen LogP contribution is -2.30. The van der Waals surface area contributed by atoms with Crippen molar-refractivity contribution in [1.82, 2.24) is 5.32 Å². The van der Waals surface area contributed by atoms with Crippen LogP contribution >= 0.6 is 0 Å². The minimum atomic E-state index is -1.01. The van der Waals surface area contributed by atoms with Crippen LogP contribution in [0.15, 0.2) is 59.2 Å². The van der Waals surface area contributed by atoms with Gasteiger partial charge in [-0.2, -0.15) is 0 Å². The fourth-order valence-corrected chi connectivity index (χ4v) is 2.83. The number of carboxylic acid groups (broad SMARTS) is 1. The van der Waals surface area contributed by atoms with Crippen LogP contribution in [0.25, 0.3) is 10.8 Å². The average molecular weight is 339 g/mol. The molecule has 2 N–H and O–H groups in total. The van der Waals surface area contributed by atoms with Gasteiger partial charge < -0.3 is 19.6 Å². The van der Waals surface area contributed by atoms with Crippen molar-refractivity contribution in [1.29, 1.82) is 0 Å². The molecule has 0 saturated carbocycles. The second-order valence-electron chi connectivity index (χ2n) is 5.50. The quantitative estimate of drug-likeness (QED) is 0.718. The average Bonchev–Trinajstić information content (AvgIpc) is 3.14. The number of benzene rings is 2. The lowest BCUT2D eigenvalue weighted by molar-refractivity contribution is -0.137. The minimum absolute atomic E-state index is 0.133. The molecule has 3 rings (SSSR count). The van der Waals surface area contributed by atoms with Gasteiger partial charge in [-0.05, 0) is 29.1 Å². The minimum Gasteiger partial charge on any atom is -0.496 e. The molecule has 25 heavy (non-hydrogen) atoms. The maximum absolute atomic E-state index is 12.3. The monoisotopic (exact) mass is 339 g/mol. The first-order valence-corrected chi connectivity index (χ1v) is 7.72. The second-order valence-corrected chi connectivity index (χ2v) is 5.50. The fourth-order valence-electron chi connectivity index (χ4n) is 2.83. The Hall–Kier alpha value is -3.28. The first-order valence-electron chi connectivity index (χ1n) is 7.72. The Morgan fingerprint density at radius 3 is 2.52 bits per heavy atom. The van der Waals surface area contributed by atoms with Crippen molar-refractivity contribution < 1.29 is 23.8 Å². The third-order valence-corrected chi connectivity index (χ3v) is 3.94. The summed E-state index contributed by atoms with van der Waals surface area (Å²) in [7, 11) is 1.58. The van der Waals surface area contributed by atoms with E-state index in [1.54, 1.807) is 25.3 Å². The molecular weight excluding hydrogens is 322 g/mol. The zero-order chi connectivity index (χ0) is 17.8. The molecule has 2 aromatic carbocycles. The zero-order valence-corrected chi connectivity index (χ0v) is 13.6. The summed E-state index contributed by atoms with van der Waals surface area (Å²) in [6.07, 6.45) is 1.15. The molecule has 3 aromatic rings. The van der Waals surface area contributed by atoms with E-state index in [-0.39, 0.29) is 12.2 Å². The highest BCUT2D eigenvalue weighted by Gasteiger charge is 2.22. The van der Waals surface area contributed by atoms with Gasteiger partial charge in [0.1, 0.15) is 5.75 Å². The summed E-state index contributed by atoms with van der Waals surface area (Å²) in [6.45, 7) is 0. The highest BCUT2D eigenvalue weighted by Crippen LogP contribution is 2.32. The lowest BCUT2D eigenvalue weighted by Gasteiger charge is -2.20. The van der Waals surface area contributed by atoms with Gasteiger partial charge in [-0.25, -0.2) is 0 Å². The molecule has 0 spiro atoms. The number of furan rings is 1. The molecule has 0 saturated heterocycles. The maximum atomic E-state index is 12.3. The van der Waals surface area contributed by atoms with Crippen LogP contribution in [0, 0.1) is 0 Å². The van der Waals surface area contributed by atoms with Crippen molar-refractivity contribution in [3.8, 4) is 5.75 Å². The number of carbonyl (C=O) groups is 2. The summed E-state index contributed by atoms with van der Waals surface area (Å²) in [5.41, 5.74) is 0.707. The van der Waals surface area contributed by atoms with Crippen LogP contribution in [0.2, 0.25) is 0 Å². The first kappa shape index (κ1) is 16.6. The van der Waals surface area contributed by atoms with E-state index >= 15 is 0 Å². The van der Waals surface area contributed by atoms with Gasteiger partial charge >= 0.3 is 5.97 Å². The van der Waals surface area contributed by atoms with Crippen LogP contribution in [0.5, 0.6) is 5.75 Å². The number of fused-ring (bicyclic) bond motifs is 1. The lowest BCUT2D eigenvalue weighted by atomic mass is 9.96. The smallest absolute Gasteiger partial charge is 0.305 e. The molecule has 0 aliphatic rings. The fraction of sp³-hybridized carbons (Fsp3) is 0.158. The Morgan fingerprint density at radius 2 is 1.88 bits per heavy atom. The van der Waals surface area contributed by atoms with Crippen LogP contribution in [0.1, 0.15) is 28.6 Å². The summed E-state index contributed by atoms with van der Waals surface area (Å²) in [5, 5.41) is 13.7. The number of methoxy groups -OCH3 is 1. The van der Waals surface area contributed by atoms with E-state index in [1.807, 2.05) is 24.3 Å². The topological polar surface area (TPSA) is 88.8 Å². The molecule has 6 heteroatoms. The van der Waals surface area contributed by atoms with Crippen molar-refractivity contribution >= 4 is 22.6 Å². The number of amides is 1. The Balaban J connectivity index is 2.03. The predicted molar refractivity (Wildman–Crippen MR) is 91.7 cm³/mol. The highest BCUT2D eigenvalue weighted by molar-refractivity contribution is 5.94. The second kappa shape index (κ2) is 7.09. The third kappa shape index (κ3) is 3.47. The van der Waals surface area contributed by atoms with Gasteiger partial charge in [-0.1, -0.05) is 30.3 Å². The van der Waals surface area contributed by atoms with Gasteiger partial charge in [-0.3, -0.25) is 9.59 Å². The Labute approximate surface area is 144 Å². The third-order valence-electron chi connectivity index (χ3n) is 3.94. The molecule has 0 radical (unpaired) electrons. The number of aliphatic carboxylic acids is 1. The predicted octanol–water partition coefficient (Wildman–Crippen LogP) is 3.39. The summed E-state index contributed by atoms with van der Waals surface area (Å²) >= 11 is 0. The van der Waals surface area contributed by atoms with E-state index in [2.05, 4.69) is 5.32 Å². The molecule has 1 atom stereocenters. The molecule has 6 nitrogen and oxygen atoms in total. The number of hydrogen-bond donors (Lipinski definition) is 2. The normalized spacial score (nSPS) is 11.9. The summed E-state index contributed by atoms with van der Waals surface area (Å²) in [6, 6.07) is 13.5. The van der Waals surface area contributed by atoms with Crippen LogP contribution < -0.4 is 10.1 Å². The van der Waals surface area contributed by atoms with Crippen LogP contribution in [0.3, 0.4) is 0 Å². The van der Waals surface area contributed by atoms with E-state index < -0.39 is 17.9 Å². The summed E-state index contributed by atoms with van der Waals surface area (Å²) in [4.78, 5) is 23.6. The van der Waals surface area contributed by atoms with Gasteiger partial charge in [0.2, 0.25) is 0 Å². The Morgan fingerprint density at radius 1 is 1.12 bits per heavy atom.